The lowest BCUT2D eigenvalue weighted by atomic mass is 9.74. The highest BCUT2D eigenvalue weighted by Gasteiger charge is 2.37. The van der Waals surface area contributed by atoms with Gasteiger partial charge in [-0.05, 0) is 50.7 Å². The van der Waals surface area contributed by atoms with Crippen molar-refractivity contribution in [3.8, 4) is 0 Å². The largest absolute Gasteiger partial charge is 0.380 e. The molecule has 3 heteroatoms. The number of rotatable bonds is 6. The number of nitrogens with one attached hydrogen (secondary N) is 1. The van der Waals surface area contributed by atoms with Crippen molar-refractivity contribution in [2.45, 2.75) is 71.4 Å². The van der Waals surface area contributed by atoms with E-state index >= 15 is 0 Å². The molecule has 0 spiro atoms. The Hall–Kier alpha value is -0.120. The summed E-state index contributed by atoms with van der Waals surface area (Å²) < 4.78 is 5.77. The zero-order chi connectivity index (χ0) is 14.4. The average Bonchev–Trinajstić information content (AvgIpc) is 2.53. The van der Waals surface area contributed by atoms with Crippen LogP contribution in [0.25, 0.3) is 0 Å². The van der Waals surface area contributed by atoms with Gasteiger partial charge < -0.3 is 10.1 Å². The van der Waals surface area contributed by atoms with Crippen LogP contribution in [0.5, 0.6) is 0 Å². The summed E-state index contributed by atoms with van der Waals surface area (Å²) >= 11 is 0. The zero-order valence-corrected chi connectivity index (χ0v) is 13.8. The Morgan fingerprint density at radius 3 is 2.45 bits per heavy atom. The molecule has 2 unspecified atom stereocenters. The molecule has 2 rings (SSSR count). The van der Waals surface area contributed by atoms with Crippen LogP contribution in [-0.2, 0) is 4.74 Å². The van der Waals surface area contributed by atoms with Crippen molar-refractivity contribution < 1.29 is 4.74 Å². The lowest BCUT2D eigenvalue weighted by Crippen LogP contribution is -2.58. The molecular formula is C17H34N2O. The average molecular weight is 282 g/mol. The Labute approximate surface area is 125 Å². The molecule has 0 bridgehead atoms. The fraction of sp³-hybridized carbons (Fsp3) is 1.00. The summed E-state index contributed by atoms with van der Waals surface area (Å²) in [4.78, 5) is 2.70. The van der Waals surface area contributed by atoms with Crippen molar-refractivity contribution in [2.75, 3.05) is 32.8 Å². The Morgan fingerprint density at radius 2 is 1.85 bits per heavy atom. The summed E-state index contributed by atoms with van der Waals surface area (Å²) in [6.07, 6.45) is 7.83. The predicted octanol–water partition coefficient (Wildman–Crippen LogP) is 3.05. The summed E-state index contributed by atoms with van der Waals surface area (Å²) in [5, 5.41) is 3.75. The van der Waals surface area contributed by atoms with Gasteiger partial charge in [-0.3, -0.25) is 4.90 Å². The maximum atomic E-state index is 5.77. The van der Waals surface area contributed by atoms with Gasteiger partial charge in [0.25, 0.3) is 0 Å². The Morgan fingerprint density at radius 1 is 1.15 bits per heavy atom. The second-order valence-corrected chi connectivity index (χ2v) is 6.73. The monoisotopic (exact) mass is 282 g/mol. The number of piperidine rings is 1. The molecule has 2 aliphatic rings. The third-order valence-electron chi connectivity index (χ3n) is 5.81. The molecule has 0 aromatic rings. The summed E-state index contributed by atoms with van der Waals surface area (Å²) in [5.41, 5.74) is 0.623. The van der Waals surface area contributed by atoms with E-state index in [9.17, 15) is 0 Å². The van der Waals surface area contributed by atoms with E-state index in [1.165, 1.54) is 51.6 Å². The standard InChI is InChI=1S/C17H34N2O/c1-4-10-18-15-7-13-20-14-16(15)19-11-8-17(5-2,6-3)9-12-19/h15-16,18H,4-14H2,1-3H3. The van der Waals surface area contributed by atoms with E-state index in [1.807, 2.05) is 0 Å². The molecular weight excluding hydrogens is 248 g/mol. The topological polar surface area (TPSA) is 24.5 Å². The summed E-state index contributed by atoms with van der Waals surface area (Å²) in [6, 6.07) is 1.24. The van der Waals surface area contributed by atoms with Crippen molar-refractivity contribution in [3.63, 3.8) is 0 Å². The third-order valence-corrected chi connectivity index (χ3v) is 5.81. The minimum absolute atomic E-state index is 0.599. The van der Waals surface area contributed by atoms with E-state index in [1.54, 1.807) is 0 Å². The molecule has 2 heterocycles. The van der Waals surface area contributed by atoms with Crippen LogP contribution in [0.1, 0.15) is 59.3 Å². The SMILES string of the molecule is CCCNC1CCOCC1N1CCC(CC)(CC)CC1. The highest BCUT2D eigenvalue weighted by atomic mass is 16.5. The van der Waals surface area contributed by atoms with Crippen LogP contribution in [0.3, 0.4) is 0 Å². The fourth-order valence-electron chi connectivity index (χ4n) is 3.94. The minimum atomic E-state index is 0.599. The Balaban J connectivity index is 1.90. The molecule has 2 saturated heterocycles. The first-order valence-corrected chi connectivity index (χ1v) is 8.80. The van der Waals surface area contributed by atoms with Crippen LogP contribution >= 0.6 is 0 Å². The van der Waals surface area contributed by atoms with Gasteiger partial charge in [0.05, 0.1) is 6.61 Å². The van der Waals surface area contributed by atoms with E-state index < -0.39 is 0 Å². The molecule has 3 nitrogen and oxygen atoms in total. The molecule has 0 saturated carbocycles. The highest BCUT2D eigenvalue weighted by Crippen LogP contribution is 2.38. The highest BCUT2D eigenvalue weighted by molar-refractivity contribution is 4.92. The summed E-state index contributed by atoms with van der Waals surface area (Å²) in [7, 11) is 0. The first kappa shape index (κ1) is 16.3. The van der Waals surface area contributed by atoms with Crippen LogP contribution in [0.15, 0.2) is 0 Å². The molecule has 0 aromatic heterocycles. The van der Waals surface area contributed by atoms with Crippen LogP contribution in [0.4, 0.5) is 0 Å². The molecule has 0 radical (unpaired) electrons. The first-order chi connectivity index (χ1) is 9.74. The fourth-order valence-corrected chi connectivity index (χ4v) is 3.94. The van der Waals surface area contributed by atoms with Crippen molar-refractivity contribution in [2.24, 2.45) is 5.41 Å². The van der Waals surface area contributed by atoms with Crippen molar-refractivity contribution in [1.82, 2.24) is 10.2 Å². The van der Waals surface area contributed by atoms with Crippen LogP contribution < -0.4 is 5.32 Å². The molecule has 118 valence electrons. The quantitative estimate of drug-likeness (QED) is 0.810. The predicted molar refractivity (Wildman–Crippen MR) is 85.1 cm³/mol. The van der Waals surface area contributed by atoms with E-state index in [0.717, 1.165) is 19.8 Å². The maximum absolute atomic E-state index is 5.77. The molecule has 0 aliphatic carbocycles. The summed E-state index contributed by atoms with van der Waals surface area (Å²) in [5.74, 6) is 0. The van der Waals surface area contributed by atoms with Gasteiger partial charge in [0.1, 0.15) is 0 Å². The number of nitrogens with zero attached hydrogens (tertiary/aromatic N) is 1. The van der Waals surface area contributed by atoms with Crippen molar-refractivity contribution >= 4 is 0 Å². The van der Waals surface area contributed by atoms with Gasteiger partial charge in [0.2, 0.25) is 0 Å². The minimum Gasteiger partial charge on any atom is -0.380 e. The number of hydrogen-bond donors (Lipinski definition) is 1. The Bertz CT molecular complexity index is 268. The van der Waals surface area contributed by atoms with E-state index in [2.05, 4.69) is 31.0 Å². The van der Waals surface area contributed by atoms with Gasteiger partial charge in [-0.15, -0.1) is 0 Å². The molecule has 1 N–H and O–H groups in total. The van der Waals surface area contributed by atoms with Crippen LogP contribution in [0, 0.1) is 5.41 Å². The van der Waals surface area contributed by atoms with Crippen LogP contribution in [-0.4, -0.2) is 49.8 Å². The van der Waals surface area contributed by atoms with E-state index in [4.69, 9.17) is 4.74 Å². The zero-order valence-electron chi connectivity index (χ0n) is 13.8. The van der Waals surface area contributed by atoms with E-state index in [-0.39, 0.29) is 0 Å². The lowest BCUT2D eigenvalue weighted by molar-refractivity contribution is -0.0278. The number of ether oxygens (including phenoxy) is 1. The van der Waals surface area contributed by atoms with Gasteiger partial charge in [0.15, 0.2) is 0 Å². The Kier molecular flexibility index (Phi) is 6.31. The first-order valence-electron chi connectivity index (χ1n) is 8.80. The second kappa shape index (κ2) is 7.77. The molecule has 2 atom stereocenters. The molecule has 20 heavy (non-hydrogen) atoms. The van der Waals surface area contributed by atoms with Gasteiger partial charge in [-0.25, -0.2) is 0 Å². The smallest absolute Gasteiger partial charge is 0.0637 e. The van der Waals surface area contributed by atoms with Gasteiger partial charge >= 0.3 is 0 Å². The molecule has 2 aliphatic heterocycles. The maximum Gasteiger partial charge on any atom is 0.0637 e. The molecule has 2 fully saturated rings. The van der Waals surface area contributed by atoms with Crippen LogP contribution in [0.2, 0.25) is 0 Å². The number of likely N-dealkylation sites (tertiary alicyclic amines) is 1. The lowest BCUT2D eigenvalue weighted by Gasteiger charge is -2.47. The summed E-state index contributed by atoms with van der Waals surface area (Å²) in [6.45, 7) is 12.5. The number of hydrogen-bond acceptors (Lipinski definition) is 3. The third kappa shape index (κ3) is 3.75. The second-order valence-electron chi connectivity index (χ2n) is 6.73. The molecule has 0 amide bonds. The van der Waals surface area contributed by atoms with Crippen molar-refractivity contribution in [3.05, 3.63) is 0 Å². The van der Waals surface area contributed by atoms with Gasteiger partial charge in [-0.1, -0.05) is 33.6 Å². The normalized spacial score (nSPS) is 31.4. The van der Waals surface area contributed by atoms with Crippen molar-refractivity contribution in [1.29, 1.82) is 0 Å². The van der Waals surface area contributed by atoms with Gasteiger partial charge in [-0.2, -0.15) is 0 Å². The van der Waals surface area contributed by atoms with Gasteiger partial charge in [0, 0.05) is 18.7 Å². The van der Waals surface area contributed by atoms with E-state index in [0.29, 0.717) is 17.5 Å². The molecule has 0 aromatic carbocycles.